The summed E-state index contributed by atoms with van der Waals surface area (Å²) >= 11 is 0. The molecule has 146 valence electrons. The number of anilines is 1. The molecule has 0 aromatic heterocycles. The van der Waals surface area contributed by atoms with E-state index in [9.17, 15) is 4.79 Å². The zero-order chi connectivity index (χ0) is 20.2. The van der Waals surface area contributed by atoms with E-state index >= 15 is 0 Å². The Labute approximate surface area is 171 Å². The minimum atomic E-state index is -0.430. The van der Waals surface area contributed by atoms with E-state index in [1.807, 2.05) is 86.7 Å². The number of fused-ring (bicyclic) bond motifs is 1. The Balaban J connectivity index is 1.80. The summed E-state index contributed by atoms with van der Waals surface area (Å²) in [7, 11) is 0. The minimum absolute atomic E-state index is 0.330. The summed E-state index contributed by atoms with van der Waals surface area (Å²) in [6.07, 6.45) is 1.56. The van der Waals surface area contributed by atoms with Crippen molar-refractivity contribution in [2.45, 2.75) is 19.9 Å². The summed E-state index contributed by atoms with van der Waals surface area (Å²) in [6.45, 7) is 4.55. The van der Waals surface area contributed by atoms with E-state index in [0.717, 1.165) is 28.1 Å². The van der Waals surface area contributed by atoms with Gasteiger partial charge in [0.1, 0.15) is 11.5 Å². The SMILES string of the molecule is CCOC1=CC(c2ccc(C)cc2)N(C(=O)Oc2ccccc2)c2ccccc21. The second-order valence-electron chi connectivity index (χ2n) is 6.89. The lowest BCUT2D eigenvalue weighted by molar-refractivity contribution is 0.205. The van der Waals surface area contributed by atoms with E-state index in [0.29, 0.717) is 12.4 Å². The van der Waals surface area contributed by atoms with Crippen molar-refractivity contribution in [1.82, 2.24) is 0 Å². The number of carbonyl (C=O) groups excluding carboxylic acids is 1. The van der Waals surface area contributed by atoms with E-state index in [2.05, 4.69) is 0 Å². The molecule has 3 aromatic carbocycles. The third kappa shape index (κ3) is 3.87. The lowest BCUT2D eigenvalue weighted by Crippen LogP contribution is -2.39. The first-order chi connectivity index (χ1) is 14.2. The molecule has 0 fully saturated rings. The van der Waals surface area contributed by atoms with Gasteiger partial charge in [0, 0.05) is 5.56 Å². The normalized spacial score (nSPS) is 15.3. The van der Waals surface area contributed by atoms with Crippen LogP contribution in [-0.2, 0) is 4.74 Å². The van der Waals surface area contributed by atoms with E-state index < -0.39 is 6.09 Å². The van der Waals surface area contributed by atoms with Crippen molar-refractivity contribution >= 4 is 17.5 Å². The van der Waals surface area contributed by atoms with Gasteiger partial charge in [0.05, 0.1) is 18.3 Å². The number of aryl methyl sites for hydroxylation is 1. The van der Waals surface area contributed by atoms with Gasteiger partial charge < -0.3 is 9.47 Å². The van der Waals surface area contributed by atoms with Crippen LogP contribution in [0.3, 0.4) is 0 Å². The largest absolute Gasteiger partial charge is 0.493 e. The molecule has 1 unspecified atom stereocenters. The molecule has 0 bridgehead atoms. The lowest BCUT2D eigenvalue weighted by atomic mass is 9.96. The number of carbonyl (C=O) groups is 1. The highest BCUT2D eigenvalue weighted by Gasteiger charge is 2.34. The summed E-state index contributed by atoms with van der Waals surface area (Å²) in [5.41, 5.74) is 3.80. The van der Waals surface area contributed by atoms with Gasteiger partial charge in [-0.1, -0.05) is 60.2 Å². The number of hydrogen-bond donors (Lipinski definition) is 0. The molecule has 0 radical (unpaired) electrons. The smallest absolute Gasteiger partial charge is 0.420 e. The van der Waals surface area contributed by atoms with Crippen LogP contribution in [0, 0.1) is 6.92 Å². The van der Waals surface area contributed by atoms with Gasteiger partial charge in [-0.15, -0.1) is 0 Å². The van der Waals surface area contributed by atoms with Crippen LogP contribution in [0.4, 0.5) is 10.5 Å². The molecule has 1 amide bonds. The lowest BCUT2D eigenvalue weighted by Gasteiger charge is -2.35. The third-order valence-electron chi connectivity index (χ3n) is 4.88. The predicted octanol–water partition coefficient (Wildman–Crippen LogP) is 6.13. The van der Waals surface area contributed by atoms with Gasteiger partial charge in [-0.25, -0.2) is 4.79 Å². The van der Waals surface area contributed by atoms with Crippen LogP contribution >= 0.6 is 0 Å². The van der Waals surface area contributed by atoms with Gasteiger partial charge in [-0.05, 0) is 49.8 Å². The Kier molecular flexibility index (Phi) is 5.34. The highest BCUT2D eigenvalue weighted by molar-refractivity contribution is 5.96. The van der Waals surface area contributed by atoms with Crippen molar-refractivity contribution in [2.75, 3.05) is 11.5 Å². The number of amides is 1. The monoisotopic (exact) mass is 385 g/mol. The van der Waals surface area contributed by atoms with Crippen molar-refractivity contribution in [3.63, 3.8) is 0 Å². The van der Waals surface area contributed by atoms with E-state index in [4.69, 9.17) is 9.47 Å². The maximum absolute atomic E-state index is 13.3. The Bertz CT molecular complexity index is 1030. The maximum Gasteiger partial charge on any atom is 0.420 e. The first-order valence-electron chi connectivity index (χ1n) is 9.74. The molecule has 1 heterocycles. The average Bonchev–Trinajstić information content (AvgIpc) is 2.75. The first-order valence-corrected chi connectivity index (χ1v) is 9.74. The third-order valence-corrected chi connectivity index (χ3v) is 4.88. The Morgan fingerprint density at radius 2 is 1.62 bits per heavy atom. The van der Waals surface area contributed by atoms with Gasteiger partial charge in [0.25, 0.3) is 0 Å². The number of rotatable bonds is 4. The second-order valence-corrected chi connectivity index (χ2v) is 6.89. The van der Waals surface area contributed by atoms with Crippen LogP contribution in [0.25, 0.3) is 5.76 Å². The maximum atomic E-state index is 13.3. The van der Waals surface area contributed by atoms with E-state index in [1.54, 1.807) is 17.0 Å². The summed E-state index contributed by atoms with van der Waals surface area (Å²) in [6, 6.07) is 24.7. The van der Waals surface area contributed by atoms with E-state index in [-0.39, 0.29) is 6.04 Å². The fourth-order valence-electron chi connectivity index (χ4n) is 3.49. The number of benzene rings is 3. The molecule has 0 spiro atoms. The number of para-hydroxylation sites is 2. The molecular weight excluding hydrogens is 362 g/mol. The molecule has 0 saturated carbocycles. The first kappa shape index (κ1) is 18.8. The number of hydrogen-bond acceptors (Lipinski definition) is 3. The molecule has 1 aliphatic heterocycles. The molecule has 3 aromatic rings. The standard InChI is InChI=1S/C25H23NO3/c1-3-28-24-17-23(19-15-13-18(2)14-16-19)26(22-12-8-7-11-21(22)24)25(27)29-20-9-5-4-6-10-20/h4-17,23H,3H2,1-2H3. The van der Waals surface area contributed by atoms with Gasteiger partial charge in [-0.2, -0.15) is 0 Å². The summed E-state index contributed by atoms with van der Waals surface area (Å²) in [4.78, 5) is 15.0. The summed E-state index contributed by atoms with van der Waals surface area (Å²) in [5, 5.41) is 0. The zero-order valence-corrected chi connectivity index (χ0v) is 16.5. The molecule has 0 N–H and O–H groups in total. The van der Waals surface area contributed by atoms with Crippen LogP contribution in [0.2, 0.25) is 0 Å². The zero-order valence-electron chi connectivity index (χ0n) is 16.5. The van der Waals surface area contributed by atoms with Crippen LogP contribution in [0.5, 0.6) is 5.75 Å². The summed E-state index contributed by atoms with van der Waals surface area (Å²) in [5.74, 6) is 1.29. The number of ether oxygens (including phenoxy) is 2. The Hall–Kier alpha value is -3.53. The van der Waals surface area contributed by atoms with Gasteiger partial charge in [0.2, 0.25) is 0 Å². The van der Waals surface area contributed by atoms with Crippen molar-refractivity contribution in [2.24, 2.45) is 0 Å². The molecular formula is C25H23NO3. The van der Waals surface area contributed by atoms with Gasteiger partial charge >= 0.3 is 6.09 Å². The van der Waals surface area contributed by atoms with Gasteiger partial charge in [0.15, 0.2) is 0 Å². The summed E-state index contributed by atoms with van der Waals surface area (Å²) < 4.78 is 11.6. The van der Waals surface area contributed by atoms with Crippen LogP contribution in [0.15, 0.2) is 84.9 Å². The molecule has 0 saturated heterocycles. The fourth-order valence-corrected chi connectivity index (χ4v) is 3.49. The van der Waals surface area contributed by atoms with Crippen LogP contribution < -0.4 is 9.64 Å². The van der Waals surface area contributed by atoms with Crippen molar-refractivity contribution < 1.29 is 14.3 Å². The molecule has 29 heavy (non-hydrogen) atoms. The average molecular weight is 385 g/mol. The molecule has 0 aliphatic carbocycles. The quantitative estimate of drug-likeness (QED) is 0.542. The van der Waals surface area contributed by atoms with Crippen LogP contribution in [-0.4, -0.2) is 12.7 Å². The minimum Gasteiger partial charge on any atom is -0.493 e. The van der Waals surface area contributed by atoms with Crippen molar-refractivity contribution in [1.29, 1.82) is 0 Å². The predicted molar refractivity (Wildman–Crippen MR) is 115 cm³/mol. The van der Waals surface area contributed by atoms with Crippen molar-refractivity contribution in [3.05, 3.63) is 102 Å². The van der Waals surface area contributed by atoms with Gasteiger partial charge in [-0.3, -0.25) is 4.90 Å². The van der Waals surface area contributed by atoms with Crippen LogP contribution in [0.1, 0.15) is 29.7 Å². The second kappa shape index (κ2) is 8.23. The molecule has 1 aliphatic rings. The topological polar surface area (TPSA) is 38.8 Å². The number of nitrogens with zero attached hydrogens (tertiary/aromatic N) is 1. The highest BCUT2D eigenvalue weighted by atomic mass is 16.6. The molecule has 4 heteroatoms. The van der Waals surface area contributed by atoms with E-state index in [1.165, 1.54) is 0 Å². The highest BCUT2D eigenvalue weighted by Crippen LogP contribution is 2.41. The Morgan fingerprint density at radius 1 is 0.931 bits per heavy atom. The molecule has 4 nitrogen and oxygen atoms in total. The Morgan fingerprint density at radius 3 is 2.34 bits per heavy atom. The van der Waals surface area contributed by atoms with Crippen molar-refractivity contribution in [3.8, 4) is 5.75 Å². The fraction of sp³-hybridized carbons (Fsp3) is 0.160. The molecule has 4 rings (SSSR count). The molecule has 1 atom stereocenters.